The summed E-state index contributed by atoms with van der Waals surface area (Å²) in [6.07, 6.45) is -0.740. The van der Waals surface area contributed by atoms with Gasteiger partial charge in [-0.1, -0.05) is 0 Å². The Labute approximate surface area is 179 Å². The Morgan fingerprint density at radius 3 is 2.71 bits per heavy atom. The van der Waals surface area contributed by atoms with Gasteiger partial charge in [-0.15, -0.1) is 0 Å². The average molecular weight is 447 g/mol. The number of rotatable bonds is 5. The van der Waals surface area contributed by atoms with Crippen molar-refractivity contribution in [2.75, 3.05) is 31.0 Å². The lowest BCUT2D eigenvalue weighted by Crippen LogP contribution is -2.36. The molecule has 31 heavy (non-hydrogen) atoms. The number of likely N-dealkylation sites (N-methyl/N-ethyl adjacent to an activating group) is 1. The highest BCUT2D eigenvalue weighted by atomic mass is 32.2. The second-order valence-electron chi connectivity index (χ2n) is 7.24. The molecule has 0 unspecified atom stereocenters. The first-order valence-electron chi connectivity index (χ1n) is 9.43. The van der Waals surface area contributed by atoms with Gasteiger partial charge in [-0.05, 0) is 37.6 Å². The molecule has 164 valence electrons. The van der Waals surface area contributed by atoms with Crippen LogP contribution in [0.5, 0.6) is 17.2 Å². The number of fused-ring (bicyclic) bond motifs is 2. The average Bonchev–Trinajstić information content (AvgIpc) is 3.16. The summed E-state index contributed by atoms with van der Waals surface area (Å²) < 4.78 is 43.1. The van der Waals surface area contributed by atoms with Gasteiger partial charge < -0.3 is 24.8 Å². The first-order chi connectivity index (χ1) is 14.6. The molecular formula is C20H21N3O7S. The van der Waals surface area contributed by atoms with Crippen LogP contribution in [-0.4, -0.2) is 51.0 Å². The molecule has 2 aromatic carbocycles. The van der Waals surface area contributed by atoms with Crippen molar-refractivity contribution in [1.29, 1.82) is 0 Å². The third-order valence-electron chi connectivity index (χ3n) is 4.92. The van der Waals surface area contributed by atoms with E-state index in [-0.39, 0.29) is 23.3 Å². The highest BCUT2D eigenvalue weighted by Crippen LogP contribution is 2.36. The summed E-state index contributed by atoms with van der Waals surface area (Å²) in [6.45, 7) is 2.89. The van der Waals surface area contributed by atoms with Crippen molar-refractivity contribution < 1.29 is 32.2 Å². The molecule has 0 spiro atoms. The molecule has 4 rings (SSSR count). The zero-order valence-corrected chi connectivity index (χ0v) is 17.9. The zero-order chi connectivity index (χ0) is 22.3. The summed E-state index contributed by atoms with van der Waals surface area (Å²) >= 11 is 0. The Balaban J connectivity index is 1.50. The van der Waals surface area contributed by atoms with E-state index in [4.69, 9.17) is 14.2 Å². The summed E-state index contributed by atoms with van der Waals surface area (Å²) in [4.78, 5) is 24.2. The van der Waals surface area contributed by atoms with Gasteiger partial charge in [-0.25, -0.2) is 8.42 Å². The third kappa shape index (κ3) is 4.01. The topological polar surface area (TPSA) is 123 Å². The van der Waals surface area contributed by atoms with Crippen LogP contribution in [0, 0.1) is 6.92 Å². The number of nitrogens with zero attached hydrogens (tertiary/aromatic N) is 1. The molecule has 0 saturated heterocycles. The summed E-state index contributed by atoms with van der Waals surface area (Å²) in [5.41, 5.74) is 1.28. The molecule has 2 amide bonds. The molecule has 2 heterocycles. The van der Waals surface area contributed by atoms with Crippen molar-refractivity contribution in [3.8, 4) is 17.2 Å². The minimum atomic E-state index is -4.00. The fourth-order valence-electron chi connectivity index (χ4n) is 3.25. The van der Waals surface area contributed by atoms with E-state index in [0.717, 1.165) is 4.31 Å². The number of ether oxygens (including phenoxy) is 3. The highest BCUT2D eigenvalue weighted by Gasteiger charge is 2.30. The van der Waals surface area contributed by atoms with Gasteiger partial charge in [-0.2, -0.15) is 4.31 Å². The summed E-state index contributed by atoms with van der Waals surface area (Å²) in [5.74, 6) is 0.519. The number of anilines is 2. The summed E-state index contributed by atoms with van der Waals surface area (Å²) in [7, 11) is -2.68. The van der Waals surface area contributed by atoms with Crippen molar-refractivity contribution >= 4 is 33.2 Å². The molecule has 0 bridgehead atoms. The van der Waals surface area contributed by atoms with Gasteiger partial charge in [0.25, 0.3) is 5.91 Å². The normalized spacial score (nSPS) is 17.0. The van der Waals surface area contributed by atoms with Crippen LogP contribution in [0.2, 0.25) is 0 Å². The summed E-state index contributed by atoms with van der Waals surface area (Å²) in [6, 6.07) is 7.80. The van der Waals surface area contributed by atoms with Crippen LogP contribution in [0.25, 0.3) is 0 Å². The second-order valence-corrected chi connectivity index (χ2v) is 9.25. The zero-order valence-electron chi connectivity index (χ0n) is 17.1. The largest absolute Gasteiger partial charge is 0.479 e. The smallest absolute Gasteiger partial charge is 0.265 e. The predicted molar refractivity (Wildman–Crippen MR) is 111 cm³/mol. The standard InChI is InChI=1S/C20H21N3O7S/c1-11-6-14-16(30-12(2)20(25)22-14)8-18(11)31(26,27)23(3)9-19(24)21-13-4-5-15-17(7-13)29-10-28-15/h4-8,12H,9-10H2,1-3H3,(H,21,24)(H,22,25)/t12-/m0/s1. The lowest BCUT2D eigenvalue weighted by atomic mass is 10.1. The molecule has 0 aromatic heterocycles. The number of amides is 2. The Bertz CT molecular complexity index is 1180. The molecular weight excluding hydrogens is 426 g/mol. The molecule has 11 heteroatoms. The number of aryl methyl sites for hydroxylation is 1. The Morgan fingerprint density at radius 2 is 1.94 bits per heavy atom. The van der Waals surface area contributed by atoms with Crippen molar-refractivity contribution in [1.82, 2.24) is 4.31 Å². The Morgan fingerprint density at radius 1 is 1.19 bits per heavy atom. The fourth-order valence-corrected chi connectivity index (χ4v) is 4.60. The Hall–Kier alpha value is -3.31. The highest BCUT2D eigenvalue weighted by molar-refractivity contribution is 7.89. The predicted octanol–water partition coefficient (Wildman–Crippen LogP) is 1.70. The Kier molecular flexibility index (Phi) is 5.23. The van der Waals surface area contributed by atoms with Crippen LogP contribution in [0.15, 0.2) is 35.2 Å². The minimum absolute atomic E-state index is 0.00650. The number of carbonyl (C=O) groups excluding carboxylic acids is 2. The van der Waals surface area contributed by atoms with Gasteiger partial charge in [0.1, 0.15) is 5.75 Å². The summed E-state index contributed by atoms with van der Waals surface area (Å²) in [5, 5.41) is 5.33. The van der Waals surface area contributed by atoms with Crippen molar-refractivity contribution in [2.24, 2.45) is 0 Å². The SMILES string of the molecule is Cc1cc2c(cc1S(=O)(=O)N(C)CC(=O)Nc1ccc3c(c1)OCO3)O[C@@H](C)C(=O)N2. The monoisotopic (exact) mass is 447 g/mol. The number of benzene rings is 2. The van der Waals surface area contributed by atoms with Gasteiger partial charge >= 0.3 is 0 Å². The van der Waals surface area contributed by atoms with Crippen LogP contribution in [-0.2, 0) is 19.6 Å². The molecule has 2 aliphatic rings. The minimum Gasteiger partial charge on any atom is -0.479 e. The third-order valence-corrected chi connectivity index (χ3v) is 6.86. The van der Waals surface area contributed by atoms with E-state index in [1.54, 1.807) is 32.0 Å². The van der Waals surface area contributed by atoms with Crippen LogP contribution >= 0.6 is 0 Å². The van der Waals surface area contributed by atoms with Gasteiger partial charge in [0.05, 0.1) is 17.1 Å². The maximum absolute atomic E-state index is 13.1. The number of nitrogens with one attached hydrogen (secondary N) is 2. The van der Waals surface area contributed by atoms with E-state index in [2.05, 4.69) is 10.6 Å². The van der Waals surface area contributed by atoms with E-state index >= 15 is 0 Å². The van der Waals surface area contributed by atoms with E-state index in [1.807, 2.05) is 0 Å². The number of hydrogen-bond donors (Lipinski definition) is 2. The maximum atomic E-state index is 13.1. The van der Waals surface area contributed by atoms with E-state index < -0.39 is 28.6 Å². The molecule has 0 aliphatic carbocycles. The maximum Gasteiger partial charge on any atom is 0.265 e. The molecule has 0 radical (unpaired) electrons. The van der Waals surface area contributed by atoms with Crippen molar-refractivity contribution in [2.45, 2.75) is 24.8 Å². The van der Waals surface area contributed by atoms with Gasteiger partial charge in [0.2, 0.25) is 22.7 Å². The fraction of sp³-hybridized carbons (Fsp3) is 0.300. The quantitative estimate of drug-likeness (QED) is 0.715. The molecule has 1 atom stereocenters. The van der Waals surface area contributed by atoms with Gasteiger partial charge in [0, 0.05) is 24.9 Å². The van der Waals surface area contributed by atoms with Crippen LogP contribution in [0.4, 0.5) is 11.4 Å². The number of sulfonamides is 1. The molecule has 2 N–H and O–H groups in total. The van der Waals surface area contributed by atoms with E-state index in [9.17, 15) is 18.0 Å². The number of hydrogen-bond acceptors (Lipinski definition) is 7. The molecule has 2 aliphatic heterocycles. The van der Waals surface area contributed by atoms with Crippen molar-refractivity contribution in [3.05, 3.63) is 35.9 Å². The first-order valence-corrected chi connectivity index (χ1v) is 10.9. The van der Waals surface area contributed by atoms with Gasteiger partial charge in [0.15, 0.2) is 17.6 Å². The second kappa shape index (κ2) is 7.75. The van der Waals surface area contributed by atoms with Crippen LogP contribution < -0.4 is 24.8 Å². The molecule has 0 fully saturated rings. The van der Waals surface area contributed by atoms with Crippen LogP contribution in [0.3, 0.4) is 0 Å². The molecule has 2 aromatic rings. The van der Waals surface area contributed by atoms with Crippen LogP contribution in [0.1, 0.15) is 12.5 Å². The first kappa shape index (κ1) is 20.9. The van der Waals surface area contributed by atoms with E-state index in [1.165, 1.54) is 19.2 Å². The molecule has 0 saturated carbocycles. The van der Waals surface area contributed by atoms with E-state index in [0.29, 0.717) is 28.4 Å². The molecule has 10 nitrogen and oxygen atoms in total. The van der Waals surface area contributed by atoms with Crippen molar-refractivity contribution in [3.63, 3.8) is 0 Å². The number of carbonyl (C=O) groups is 2. The lowest BCUT2D eigenvalue weighted by molar-refractivity contribution is -0.122. The van der Waals surface area contributed by atoms with Gasteiger partial charge in [-0.3, -0.25) is 9.59 Å². The lowest BCUT2D eigenvalue weighted by Gasteiger charge is -2.25.